The summed E-state index contributed by atoms with van der Waals surface area (Å²) in [6, 6.07) is 15.0. The molecule has 5 rings (SSSR count). The summed E-state index contributed by atoms with van der Waals surface area (Å²) in [4.78, 5) is 26.0. The summed E-state index contributed by atoms with van der Waals surface area (Å²) in [5.74, 6) is 0.326. The van der Waals surface area contributed by atoms with E-state index in [9.17, 15) is 4.79 Å². The molecule has 0 spiro atoms. The average molecular weight is 491 g/mol. The number of hydrogen-bond donors (Lipinski definition) is 2. The molecule has 164 valence electrons. The number of fused-ring (bicyclic) bond motifs is 1. The molecule has 0 amide bonds. The molecule has 32 heavy (non-hydrogen) atoms. The third-order valence-electron chi connectivity index (χ3n) is 5.99. The van der Waals surface area contributed by atoms with Crippen LogP contribution in [-0.4, -0.2) is 48.7 Å². The Morgan fingerprint density at radius 2 is 1.94 bits per heavy atom. The van der Waals surface area contributed by atoms with Gasteiger partial charge in [-0.25, -0.2) is 0 Å². The van der Waals surface area contributed by atoms with Gasteiger partial charge in [-0.1, -0.05) is 0 Å². The van der Waals surface area contributed by atoms with Crippen LogP contribution in [0.1, 0.15) is 36.9 Å². The van der Waals surface area contributed by atoms with Crippen molar-refractivity contribution in [2.75, 3.05) is 18.4 Å². The minimum atomic E-state index is -0.642. The molecule has 0 bridgehead atoms. The van der Waals surface area contributed by atoms with Crippen LogP contribution in [0.15, 0.2) is 57.9 Å². The van der Waals surface area contributed by atoms with Crippen molar-refractivity contribution < 1.29 is 4.42 Å². The first-order valence-corrected chi connectivity index (χ1v) is 13.0. The number of aromatic nitrogens is 3. The van der Waals surface area contributed by atoms with E-state index in [4.69, 9.17) is 9.40 Å². The summed E-state index contributed by atoms with van der Waals surface area (Å²) in [5, 5.41) is 3.35. The van der Waals surface area contributed by atoms with Gasteiger partial charge in [-0.2, -0.15) is 0 Å². The van der Waals surface area contributed by atoms with Gasteiger partial charge in [0.25, 0.3) is 0 Å². The molecule has 0 aliphatic carbocycles. The number of aromatic amines is 1. The fourth-order valence-corrected chi connectivity index (χ4v) is 5.97. The van der Waals surface area contributed by atoms with E-state index in [2.05, 4.69) is 51.4 Å². The Morgan fingerprint density at radius 3 is 2.72 bits per heavy atom. The van der Waals surface area contributed by atoms with E-state index in [1.54, 1.807) is 6.07 Å². The maximum absolute atomic E-state index is 11.4. The van der Waals surface area contributed by atoms with Crippen molar-refractivity contribution in [2.45, 2.75) is 32.7 Å². The summed E-state index contributed by atoms with van der Waals surface area (Å²) < 4.78 is 7.27. The van der Waals surface area contributed by atoms with Gasteiger partial charge in [0.2, 0.25) is 0 Å². The number of nitrogens with zero attached hydrogens (tertiary/aromatic N) is 3. The Labute approximate surface area is 193 Å². The summed E-state index contributed by atoms with van der Waals surface area (Å²) >= 11 is -0.642. The molecule has 2 aromatic carbocycles. The molecular weight excluding hydrogens is 465 g/mol. The van der Waals surface area contributed by atoms with E-state index in [0.717, 1.165) is 21.7 Å². The number of benzene rings is 2. The standard InChI is InChI=1S/C24H26AsN5O2/c1-15-14-26-23(25-18-7-5-17(6-8-18)16(2)30-11-3-4-12-30)29-22(15)27-19-9-10-21-20(13-19)28-24(31)32-21/h5-10,13-14,16,25H,3-4,11-12H2,1-2H3,(H,28,31)(H,26,27,29). The summed E-state index contributed by atoms with van der Waals surface area (Å²) in [7, 11) is 0. The zero-order valence-corrected chi connectivity index (χ0v) is 20.3. The minimum absolute atomic E-state index is 0.455. The predicted molar refractivity (Wildman–Crippen MR) is 129 cm³/mol. The van der Waals surface area contributed by atoms with Crippen molar-refractivity contribution in [2.24, 2.45) is 0 Å². The van der Waals surface area contributed by atoms with Crippen molar-refractivity contribution in [1.82, 2.24) is 19.9 Å². The van der Waals surface area contributed by atoms with Crippen LogP contribution in [0, 0.1) is 6.92 Å². The Kier molecular flexibility index (Phi) is 5.85. The third-order valence-corrected chi connectivity index (χ3v) is 8.27. The van der Waals surface area contributed by atoms with Gasteiger partial charge in [0.1, 0.15) is 0 Å². The average Bonchev–Trinajstić information content (AvgIpc) is 3.45. The van der Waals surface area contributed by atoms with Gasteiger partial charge in [0.15, 0.2) is 0 Å². The van der Waals surface area contributed by atoms with Crippen LogP contribution in [0.25, 0.3) is 11.1 Å². The second-order valence-corrected chi connectivity index (χ2v) is 10.9. The first-order valence-electron chi connectivity index (χ1n) is 10.9. The molecule has 0 saturated carbocycles. The van der Waals surface area contributed by atoms with E-state index in [-0.39, 0.29) is 0 Å². The number of H-pyrrole nitrogens is 1. The monoisotopic (exact) mass is 491 g/mol. The van der Waals surface area contributed by atoms with Gasteiger partial charge >= 0.3 is 193 Å². The molecule has 3 heterocycles. The zero-order chi connectivity index (χ0) is 22.1. The molecule has 8 heteroatoms. The normalized spacial score (nSPS) is 15.7. The second-order valence-electron chi connectivity index (χ2n) is 8.24. The summed E-state index contributed by atoms with van der Waals surface area (Å²) in [6.07, 6.45) is 4.49. The first-order chi connectivity index (χ1) is 15.5. The van der Waals surface area contributed by atoms with Crippen LogP contribution < -0.4 is 20.0 Å². The Bertz CT molecular complexity index is 1290. The second kappa shape index (κ2) is 8.92. The number of rotatable bonds is 6. The van der Waals surface area contributed by atoms with E-state index in [1.165, 1.54) is 35.8 Å². The number of hydrogen-bond acceptors (Lipinski definition) is 6. The Hall–Kier alpha value is -2.89. The van der Waals surface area contributed by atoms with Crippen molar-refractivity contribution in [3.8, 4) is 0 Å². The molecule has 1 aliphatic rings. The number of nitrogens with one attached hydrogen (secondary N) is 2. The van der Waals surface area contributed by atoms with Gasteiger partial charge in [-0.15, -0.1) is 0 Å². The van der Waals surface area contributed by atoms with Gasteiger partial charge in [-0.3, -0.25) is 0 Å². The van der Waals surface area contributed by atoms with E-state index >= 15 is 0 Å². The Morgan fingerprint density at radius 1 is 1.16 bits per heavy atom. The molecule has 2 aromatic heterocycles. The summed E-state index contributed by atoms with van der Waals surface area (Å²) in [6.45, 7) is 6.69. The molecule has 2 N–H and O–H groups in total. The van der Waals surface area contributed by atoms with Crippen LogP contribution in [-0.2, 0) is 0 Å². The molecule has 1 fully saturated rings. The first kappa shape index (κ1) is 21.0. The molecule has 0 radical (unpaired) electrons. The maximum atomic E-state index is 11.4. The van der Waals surface area contributed by atoms with Crippen LogP contribution in [0.5, 0.6) is 0 Å². The van der Waals surface area contributed by atoms with Crippen LogP contribution in [0.2, 0.25) is 0 Å². The Balaban J connectivity index is 1.31. The molecule has 2 atom stereocenters. The number of anilines is 2. The molecule has 1 saturated heterocycles. The van der Waals surface area contributed by atoms with Crippen molar-refractivity contribution in [3.63, 3.8) is 0 Å². The zero-order valence-electron chi connectivity index (χ0n) is 18.2. The number of aryl methyl sites for hydroxylation is 1. The van der Waals surface area contributed by atoms with E-state index in [1.807, 2.05) is 25.3 Å². The van der Waals surface area contributed by atoms with E-state index < -0.39 is 21.5 Å². The van der Waals surface area contributed by atoms with Crippen LogP contribution in [0.3, 0.4) is 0 Å². The van der Waals surface area contributed by atoms with Crippen molar-refractivity contribution >= 4 is 47.3 Å². The van der Waals surface area contributed by atoms with Gasteiger partial charge in [-0.05, 0) is 0 Å². The molecule has 2 unspecified atom stereocenters. The number of likely N-dealkylation sites (tertiary alicyclic amines) is 1. The van der Waals surface area contributed by atoms with Gasteiger partial charge in [0.05, 0.1) is 0 Å². The SMILES string of the molecule is Cc1cnc([AsH]c2ccc(C(C)N3CCCC3)cc2)nc1Nc1ccc2oc(=O)[nH]c2c1. The van der Waals surface area contributed by atoms with Crippen molar-refractivity contribution in [1.29, 1.82) is 0 Å². The summed E-state index contributed by atoms with van der Waals surface area (Å²) in [5.41, 5.74) is 4.37. The third kappa shape index (κ3) is 4.50. The topological polar surface area (TPSA) is 87.1 Å². The number of oxazole rings is 1. The molecule has 4 aromatic rings. The fourth-order valence-electron chi connectivity index (χ4n) is 4.11. The van der Waals surface area contributed by atoms with Crippen LogP contribution in [0.4, 0.5) is 11.5 Å². The quantitative estimate of drug-likeness (QED) is 0.403. The predicted octanol–water partition coefficient (Wildman–Crippen LogP) is 2.51. The van der Waals surface area contributed by atoms with Crippen molar-refractivity contribution in [3.05, 3.63) is 70.3 Å². The fraction of sp³-hybridized carbons (Fsp3) is 0.292. The van der Waals surface area contributed by atoms with Gasteiger partial charge in [0, 0.05) is 0 Å². The van der Waals surface area contributed by atoms with Gasteiger partial charge < -0.3 is 0 Å². The molecular formula is C24H26AsN5O2. The molecule has 7 nitrogen and oxygen atoms in total. The molecule has 1 aliphatic heterocycles. The van der Waals surface area contributed by atoms with E-state index in [0.29, 0.717) is 17.1 Å². The van der Waals surface area contributed by atoms with Crippen LogP contribution >= 0.6 is 0 Å².